The first kappa shape index (κ1) is 24.6. The molecule has 0 bridgehead atoms. The normalized spacial score (nSPS) is 12.1. The Labute approximate surface area is 189 Å². The molecule has 5 nitrogen and oxygen atoms in total. The van der Waals surface area contributed by atoms with E-state index in [-0.39, 0.29) is 17.0 Å². The molecule has 178 valence electrons. The number of esters is 1. The fourth-order valence-corrected chi connectivity index (χ4v) is 3.06. The van der Waals surface area contributed by atoms with E-state index < -0.39 is 52.6 Å². The Balaban J connectivity index is 1.99. The minimum Gasteiger partial charge on any atom is -0.465 e. The molecular weight excluding hydrogens is 466 g/mol. The van der Waals surface area contributed by atoms with Crippen LogP contribution in [0.4, 0.5) is 32.0 Å². The number of carbonyl (C=O) groups is 1. The number of nitrogens with zero attached hydrogens (tertiary/aromatic N) is 1. The van der Waals surface area contributed by atoms with Gasteiger partial charge in [0.2, 0.25) is 5.88 Å². The highest BCUT2D eigenvalue weighted by molar-refractivity contribution is 5.96. The Morgan fingerprint density at radius 3 is 2.38 bits per heavy atom. The molecule has 0 radical (unpaired) electrons. The van der Waals surface area contributed by atoms with E-state index in [0.29, 0.717) is 12.1 Å². The van der Waals surface area contributed by atoms with Crippen molar-refractivity contribution in [3.63, 3.8) is 0 Å². The van der Waals surface area contributed by atoms with E-state index in [4.69, 9.17) is 9.47 Å². The SMILES string of the molecule is C=CC(Nc1ccc(Oc2ncccc2C(F)(F)F)cc1C(=O)OC)c1c(F)cc(F)cc1F. The molecule has 0 aliphatic heterocycles. The number of anilines is 1. The van der Waals surface area contributed by atoms with Gasteiger partial charge in [0.1, 0.15) is 28.8 Å². The maximum Gasteiger partial charge on any atom is 0.421 e. The van der Waals surface area contributed by atoms with Crippen LogP contribution in [0.25, 0.3) is 0 Å². The Morgan fingerprint density at radius 2 is 1.79 bits per heavy atom. The zero-order valence-electron chi connectivity index (χ0n) is 17.4. The lowest BCUT2D eigenvalue weighted by molar-refractivity contribution is -0.138. The molecule has 34 heavy (non-hydrogen) atoms. The molecule has 1 aromatic heterocycles. The van der Waals surface area contributed by atoms with E-state index >= 15 is 0 Å². The van der Waals surface area contributed by atoms with E-state index in [9.17, 15) is 31.1 Å². The maximum absolute atomic E-state index is 14.2. The van der Waals surface area contributed by atoms with Crippen molar-refractivity contribution < 1.29 is 40.6 Å². The van der Waals surface area contributed by atoms with Crippen LogP contribution in [0.2, 0.25) is 0 Å². The van der Waals surface area contributed by atoms with E-state index in [1.807, 2.05) is 0 Å². The lowest BCUT2D eigenvalue weighted by atomic mass is 10.0. The molecule has 0 aliphatic rings. The second-order valence-electron chi connectivity index (χ2n) is 6.80. The molecule has 11 heteroatoms. The molecule has 0 saturated carbocycles. The highest BCUT2D eigenvalue weighted by Gasteiger charge is 2.35. The minimum atomic E-state index is -4.74. The number of methoxy groups -OCH3 is 1. The molecule has 1 unspecified atom stereocenters. The third-order valence-corrected chi connectivity index (χ3v) is 4.59. The average Bonchev–Trinajstić information content (AvgIpc) is 2.77. The van der Waals surface area contributed by atoms with Crippen molar-refractivity contribution in [2.75, 3.05) is 12.4 Å². The fraction of sp³-hybridized carbons (Fsp3) is 0.130. The van der Waals surface area contributed by atoms with Crippen molar-refractivity contribution in [1.82, 2.24) is 4.98 Å². The van der Waals surface area contributed by atoms with Crippen molar-refractivity contribution in [2.24, 2.45) is 0 Å². The van der Waals surface area contributed by atoms with Crippen LogP contribution in [-0.2, 0) is 10.9 Å². The van der Waals surface area contributed by atoms with Crippen molar-refractivity contribution in [3.8, 4) is 11.6 Å². The number of hydrogen-bond donors (Lipinski definition) is 1. The molecule has 0 fully saturated rings. The predicted molar refractivity (Wildman–Crippen MR) is 110 cm³/mol. The number of halogens is 6. The third kappa shape index (κ3) is 5.30. The summed E-state index contributed by atoms with van der Waals surface area (Å²) in [4.78, 5) is 15.9. The van der Waals surface area contributed by atoms with Gasteiger partial charge in [-0.05, 0) is 30.3 Å². The van der Waals surface area contributed by atoms with Crippen LogP contribution in [0.1, 0.15) is 27.5 Å². The average molecular weight is 482 g/mol. The summed E-state index contributed by atoms with van der Waals surface area (Å²) in [5.74, 6) is -5.36. The summed E-state index contributed by atoms with van der Waals surface area (Å²) in [5, 5.41) is 2.68. The number of benzene rings is 2. The second kappa shape index (κ2) is 9.86. The Bertz CT molecular complexity index is 1210. The van der Waals surface area contributed by atoms with Crippen LogP contribution in [-0.4, -0.2) is 18.1 Å². The van der Waals surface area contributed by atoms with Gasteiger partial charge in [0.05, 0.1) is 18.7 Å². The molecule has 0 amide bonds. The number of hydrogen-bond acceptors (Lipinski definition) is 5. The lowest BCUT2D eigenvalue weighted by Gasteiger charge is -2.20. The van der Waals surface area contributed by atoms with Gasteiger partial charge < -0.3 is 14.8 Å². The number of ether oxygens (including phenoxy) is 2. The minimum absolute atomic E-state index is 0.00992. The number of aromatic nitrogens is 1. The van der Waals surface area contributed by atoms with E-state index in [2.05, 4.69) is 16.9 Å². The van der Waals surface area contributed by atoms with Gasteiger partial charge in [-0.15, -0.1) is 6.58 Å². The van der Waals surface area contributed by atoms with Gasteiger partial charge in [0, 0.05) is 29.6 Å². The summed E-state index contributed by atoms with van der Waals surface area (Å²) < 4.78 is 91.3. The van der Waals surface area contributed by atoms with E-state index in [1.54, 1.807) is 0 Å². The van der Waals surface area contributed by atoms with Crippen LogP contribution < -0.4 is 10.1 Å². The first-order valence-electron chi connectivity index (χ1n) is 9.51. The monoisotopic (exact) mass is 482 g/mol. The van der Waals surface area contributed by atoms with Crippen molar-refractivity contribution in [2.45, 2.75) is 12.2 Å². The van der Waals surface area contributed by atoms with E-state index in [1.165, 1.54) is 12.1 Å². The van der Waals surface area contributed by atoms with Gasteiger partial charge in [0.15, 0.2) is 0 Å². The summed E-state index contributed by atoms with van der Waals surface area (Å²) >= 11 is 0. The van der Waals surface area contributed by atoms with Crippen LogP contribution in [0, 0.1) is 17.5 Å². The van der Waals surface area contributed by atoms with Gasteiger partial charge in [-0.25, -0.2) is 22.9 Å². The highest BCUT2D eigenvalue weighted by atomic mass is 19.4. The van der Waals surface area contributed by atoms with Gasteiger partial charge in [-0.1, -0.05) is 6.08 Å². The highest BCUT2D eigenvalue weighted by Crippen LogP contribution is 2.37. The van der Waals surface area contributed by atoms with Crippen molar-refractivity contribution in [3.05, 3.63) is 95.5 Å². The smallest absolute Gasteiger partial charge is 0.421 e. The standard InChI is InChI=1S/C23H16F6N2O3/c1-3-18(20-16(25)9-12(24)10-17(20)26)31-19-7-6-13(11-14(19)22(32)33-2)34-21-15(23(27,28)29)5-4-8-30-21/h3-11,18,31H,1H2,2H3. The van der Waals surface area contributed by atoms with Gasteiger partial charge in [-0.2, -0.15) is 13.2 Å². The zero-order chi connectivity index (χ0) is 25.0. The number of carbonyl (C=O) groups excluding carboxylic acids is 1. The molecule has 3 rings (SSSR count). The molecule has 1 N–H and O–H groups in total. The molecule has 1 heterocycles. The quantitative estimate of drug-likeness (QED) is 0.239. The van der Waals surface area contributed by atoms with Crippen LogP contribution in [0.5, 0.6) is 11.6 Å². The van der Waals surface area contributed by atoms with Gasteiger partial charge in [0.25, 0.3) is 0 Å². The molecule has 2 aromatic carbocycles. The first-order valence-corrected chi connectivity index (χ1v) is 9.51. The Morgan fingerprint density at radius 1 is 1.12 bits per heavy atom. The Hall–Kier alpha value is -4.02. The molecule has 0 aliphatic carbocycles. The summed E-state index contributed by atoms with van der Waals surface area (Å²) in [6.45, 7) is 3.49. The largest absolute Gasteiger partial charge is 0.465 e. The summed E-state index contributed by atoms with van der Waals surface area (Å²) in [5.41, 5.74) is -1.93. The van der Waals surface area contributed by atoms with Crippen LogP contribution in [0.15, 0.2) is 61.3 Å². The summed E-state index contributed by atoms with van der Waals surface area (Å²) in [6.07, 6.45) is -2.52. The molecular formula is C23H16F6N2O3. The topological polar surface area (TPSA) is 60.5 Å². The van der Waals surface area contributed by atoms with E-state index in [0.717, 1.165) is 37.6 Å². The molecule has 0 spiro atoms. The van der Waals surface area contributed by atoms with Crippen LogP contribution in [0.3, 0.4) is 0 Å². The Kier molecular flexibility index (Phi) is 7.14. The van der Waals surface area contributed by atoms with Crippen molar-refractivity contribution in [1.29, 1.82) is 0 Å². The van der Waals surface area contributed by atoms with Crippen molar-refractivity contribution >= 4 is 11.7 Å². The van der Waals surface area contributed by atoms with Gasteiger partial charge >= 0.3 is 12.1 Å². The summed E-state index contributed by atoms with van der Waals surface area (Å²) in [7, 11) is 1.06. The fourth-order valence-electron chi connectivity index (χ4n) is 3.06. The maximum atomic E-state index is 14.2. The number of alkyl halides is 3. The lowest BCUT2D eigenvalue weighted by Crippen LogP contribution is -2.15. The molecule has 3 aromatic rings. The third-order valence-electron chi connectivity index (χ3n) is 4.59. The summed E-state index contributed by atoms with van der Waals surface area (Å²) in [6, 6.07) is 5.10. The second-order valence-corrected chi connectivity index (χ2v) is 6.80. The first-order chi connectivity index (χ1) is 16.0. The van der Waals surface area contributed by atoms with Crippen LogP contribution >= 0.6 is 0 Å². The predicted octanol–water partition coefficient (Wildman–Crippen LogP) is 6.44. The molecule has 1 atom stereocenters. The molecule has 0 saturated heterocycles. The zero-order valence-corrected chi connectivity index (χ0v) is 17.4. The number of nitrogens with one attached hydrogen (secondary N) is 1. The number of rotatable bonds is 7. The van der Waals surface area contributed by atoms with Gasteiger partial charge in [-0.3, -0.25) is 0 Å². The number of pyridine rings is 1.